The lowest BCUT2D eigenvalue weighted by Gasteiger charge is -2.31. The highest BCUT2D eigenvalue weighted by Crippen LogP contribution is 2.33. The van der Waals surface area contributed by atoms with Gasteiger partial charge in [-0.1, -0.05) is 24.3 Å². The first-order chi connectivity index (χ1) is 13.8. The van der Waals surface area contributed by atoms with Crippen LogP contribution in [0.3, 0.4) is 0 Å². The molecule has 1 atom stereocenters. The monoisotopic (exact) mass is 405 g/mol. The summed E-state index contributed by atoms with van der Waals surface area (Å²) < 4.78 is 2.36. The van der Waals surface area contributed by atoms with Crippen molar-refractivity contribution in [1.29, 1.82) is 0 Å². The average molecular weight is 406 g/mol. The fourth-order valence-corrected chi connectivity index (χ4v) is 5.62. The van der Waals surface area contributed by atoms with E-state index in [-0.39, 0.29) is 5.91 Å². The van der Waals surface area contributed by atoms with Crippen LogP contribution in [0.5, 0.6) is 0 Å². The zero-order valence-corrected chi connectivity index (χ0v) is 16.9. The van der Waals surface area contributed by atoms with Crippen LogP contribution in [0.1, 0.15) is 28.8 Å². The van der Waals surface area contributed by atoms with E-state index < -0.39 is 0 Å². The van der Waals surface area contributed by atoms with E-state index in [1.165, 1.54) is 4.70 Å². The smallest absolute Gasteiger partial charge is 0.246 e. The summed E-state index contributed by atoms with van der Waals surface area (Å²) in [5, 5.41) is 2.02. The quantitative estimate of drug-likeness (QED) is 0.433. The standard InChI is InChI=1S/C22H19N3OS2/c26-21(12-11-20-23-16-7-1-3-9-18(16)27-20)25-13-5-6-15(14-25)22-24-17-8-2-4-10-19(17)28-22/h1-4,7-12,15H,5-6,13-14H2/b12-11+. The number of hydrogen-bond donors (Lipinski definition) is 0. The lowest BCUT2D eigenvalue weighted by molar-refractivity contribution is -0.127. The highest BCUT2D eigenvalue weighted by Gasteiger charge is 2.26. The van der Waals surface area contributed by atoms with Crippen LogP contribution in [-0.2, 0) is 4.79 Å². The first-order valence-corrected chi connectivity index (χ1v) is 11.1. The number of hydrogen-bond acceptors (Lipinski definition) is 5. The number of thiazole rings is 2. The first-order valence-electron chi connectivity index (χ1n) is 9.44. The highest BCUT2D eigenvalue weighted by atomic mass is 32.1. The second kappa shape index (κ2) is 7.45. The number of piperidine rings is 1. The highest BCUT2D eigenvalue weighted by molar-refractivity contribution is 7.19. The molecule has 1 aliphatic rings. The van der Waals surface area contributed by atoms with Crippen LogP contribution in [0.4, 0.5) is 0 Å². The Kier molecular flexibility index (Phi) is 4.66. The van der Waals surface area contributed by atoms with Crippen LogP contribution >= 0.6 is 22.7 Å². The lowest BCUT2D eigenvalue weighted by atomic mass is 9.98. The molecule has 0 N–H and O–H groups in total. The fraction of sp³-hybridized carbons (Fsp3) is 0.227. The van der Waals surface area contributed by atoms with Crippen molar-refractivity contribution in [3.8, 4) is 0 Å². The van der Waals surface area contributed by atoms with Crippen molar-refractivity contribution < 1.29 is 4.79 Å². The van der Waals surface area contributed by atoms with E-state index in [1.54, 1.807) is 28.7 Å². The molecule has 3 heterocycles. The molecule has 28 heavy (non-hydrogen) atoms. The van der Waals surface area contributed by atoms with Gasteiger partial charge in [-0.2, -0.15) is 0 Å². The van der Waals surface area contributed by atoms with Gasteiger partial charge in [-0.15, -0.1) is 22.7 Å². The third kappa shape index (κ3) is 3.45. The molecule has 2 aromatic carbocycles. The number of amides is 1. The number of fused-ring (bicyclic) bond motifs is 2. The van der Waals surface area contributed by atoms with Gasteiger partial charge in [0.2, 0.25) is 5.91 Å². The number of benzene rings is 2. The molecule has 0 spiro atoms. The molecule has 4 nitrogen and oxygen atoms in total. The van der Waals surface area contributed by atoms with E-state index in [0.717, 1.165) is 51.7 Å². The molecule has 1 fully saturated rings. The molecule has 1 amide bonds. The number of aromatic nitrogens is 2. The maximum Gasteiger partial charge on any atom is 0.246 e. The second-order valence-electron chi connectivity index (χ2n) is 7.00. The Bertz CT molecular complexity index is 1110. The molecule has 1 saturated heterocycles. The lowest BCUT2D eigenvalue weighted by Crippen LogP contribution is -2.38. The molecule has 0 bridgehead atoms. The minimum absolute atomic E-state index is 0.0602. The van der Waals surface area contributed by atoms with Crippen LogP contribution in [0.25, 0.3) is 26.5 Å². The van der Waals surface area contributed by atoms with Crippen molar-refractivity contribution in [2.75, 3.05) is 13.1 Å². The topological polar surface area (TPSA) is 46.1 Å². The van der Waals surface area contributed by atoms with Gasteiger partial charge >= 0.3 is 0 Å². The van der Waals surface area contributed by atoms with Gasteiger partial charge in [0, 0.05) is 25.1 Å². The van der Waals surface area contributed by atoms with E-state index in [4.69, 9.17) is 4.98 Å². The van der Waals surface area contributed by atoms with Crippen molar-refractivity contribution in [2.45, 2.75) is 18.8 Å². The number of carbonyl (C=O) groups is 1. The first kappa shape index (κ1) is 17.5. The van der Waals surface area contributed by atoms with Crippen molar-refractivity contribution in [1.82, 2.24) is 14.9 Å². The zero-order valence-electron chi connectivity index (χ0n) is 15.2. The van der Waals surface area contributed by atoms with Crippen molar-refractivity contribution >= 4 is 55.1 Å². The minimum Gasteiger partial charge on any atom is -0.338 e. The van der Waals surface area contributed by atoms with Crippen LogP contribution in [0.2, 0.25) is 0 Å². The molecule has 140 valence electrons. The molecule has 6 heteroatoms. The Labute approximate surface area is 171 Å². The largest absolute Gasteiger partial charge is 0.338 e. The summed E-state index contributed by atoms with van der Waals surface area (Å²) in [5.74, 6) is 0.385. The Balaban J connectivity index is 1.30. The number of likely N-dealkylation sites (tertiary alicyclic amines) is 1. The van der Waals surface area contributed by atoms with Gasteiger partial charge in [0.05, 0.1) is 25.4 Å². The Morgan fingerprint density at radius 3 is 2.46 bits per heavy atom. The van der Waals surface area contributed by atoms with Crippen molar-refractivity contribution in [3.63, 3.8) is 0 Å². The molecule has 0 saturated carbocycles. The van der Waals surface area contributed by atoms with Crippen LogP contribution in [0.15, 0.2) is 54.6 Å². The molecule has 2 aromatic heterocycles. The number of nitrogens with zero attached hydrogens (tertiary/aromatic N) is 3. The summed E-state index contributed by atoms with van der Waals surface area (Å²) in [7, 11) is 0. The Hall–Kier alpha value is -2.57. The summed E-state index contributed by atoms with van der Waals surface area (Å²) in [6, 6.07) is 16.3. The minimum atomic E-state index is 0.0602. The second-order valence-corrected chi connectivity index (χ2v) is 9.12. The number of para-hydroxylation sites is 2. The van der Waals surface area contributed by atoms with Crippen LogP contribution in [-0.4, -0.2) is 33.9 Å². The molecular weight excluding hydrogens is 386 g/mol. The van der Waals surface area contributed by atoms with E-state index in [1.807, 2.05) is 41.3 Å². The summed E-state index contributed by atoms with van der Waals surface area (Å²) in [4.78, 5) is 24.1. The average Bonchev–Trinajstić information content (AvgIpc) is 3.35. The fourth-order valence-electron chi connectivity index (χ4n) is 3.65. The molecular formula is C22H19N3OS2. The van der Waals surface area contributed by atoms with Gasteiger partial charge < -0.3 is 4.90 Å². The summed E-state index contributed by atoms with van der Waals surface area (Å²) >= 11 is 3.36. The molecule has 0 radical (unpaired) electrons. The summed E-state index contributed by atoms with van der Waals surface area (Å²) in [6.07, 6.45) is 5.61. The van der Waals surface area contributed by atoms with E-state index in [0.29, 0.717) is 5.92 Å². The maximum absolute atomic E-state index is 12.7. The van der Waals surface area contributed by atoms with Gasteiger partial charge in [0.1, 0.15) is 5.01 Å². The third-order valence-corrected chi connectivity index (χ3v) is 7.27. The number of rotatable bonds is 3. The molecule has 5 rings (SSSR count). The molecule has 1 aliphatic heterocycles. The van der Waals surface area contributed by atoms with Gasteiger partial charge in [0.15, 0.2) is 0 Å². The predicted molar refractivity (Wildman–Crippen MR) is 117 cm³/mol. The maximum atomic E-state index is 12.7. The third-order valence-electron chi connectivity index (χ3n) is 5.07. The normalized spacial score (nSPS) is 17.7. The van der Waals surface area contributed by atoms with Crippen molar-refractivity contribution in [2.24, 2.45) is 0 Å². The van der Waals surface area contributed by atoms with E-state index in [2.05, 4.69) is 23.2 Å². The van der Waals surface area contributed by atoms with Gasteiger partial charge in [-0.25, -0.2) is 9.97 Å². The molecule has 1 unspecified atom stereocenters. The van der Waals surface area contributed by atoms with E-state index >= 15 is 0 Å². The summed E-state index contributed by atoms with van der Waals surface area (Å²) in [6.45, 7) is 1.55. The zero-order chi connectivity index (χ0) is 18.9. The summed E-state index contributed by atoms with van der Waals surface area (Å²) in [5.41, 5.74) is 2.04. The molecule has 4 aromatic rings. The Morgan fingerprint density at radius 1 is 1.00 bits per heavy atom. The molecule has 0 aliphatic carbocycles. The Morgan fingerprint density at radius 2 is 1.71 bits per heavy atom. The van der Waals surface area contributed by atoms with Crippen molar-refractivity contribution in [3.05, 3.63) is 64.6 Å². The van der Waals surface area contributed by atoms with E-state index in [9.17, 15) is 4.79 Å². The van der Waals surface area contributed by atoms with Gasteiger partial charge in [-0.05, 0) is 43.2 Å². The predicted octanol–water partition coefficient (Wildman–Crippen LogP) is 5.33. The van der Waals surface area contributed by atoms with Gasteiger partial charge in [0.25, 0.3) is 0 Å². The number of carbonyl (C=O) groups excluding carboxylic acids is 1. The van der Waals surface area contributed by atoms with Crippen LogP contribution in [0, 0.1) is 0 Å². The van der Waals surface area contributed by atoms with Gasteiger partial charge in [-0.3, -0.25) is 4.79 Å². The SMILES string of the molecule is O=C(/C=C/c1nc2ccccc2s1)N1CCCC(c2nc3ccccc3s2)C1. The van der Waals surface area contributed by atoms with Crippen LogP contribution < -0.4 is 0 Å².